The van der Waals surface area contributed by atoms with Crippen LogP contribution in [0.3, 0.4) is 0 Å². The summed E-state index contributed by atoms with van der Waals surface area (Å²) >= 11 is 0. The number of aliphatic hydroxyl groups excluding tert-OH is 1. The number of aliphatic hydroxyl groups is 1. The zero-order valence-corrected chi connectivity index (χ0v) is 12.8. The maximum absolute atomic E-state index is 11.1. The Morgan fingerprint density at radius 2 is 1.00 bits per heavy atom. The average Bonchev–Trinajstić information content (AvgIpc) is 2.78. The van der Waals surface area contributed by atoms with Gasteiger partial charge in [0.25, 0.3) is 0 Å². The molecule has 0 bridgehead atoms. The topological polar surface area (TPSA) is 43.7 Å². The molecule has 0 aromatic heterocycles. The van der Waals surface area contributed by atoms with Crippen LogP contribution in [-0.4, -0.2) is 32.6 Å². The molecule has 0 atom stereocenters. The lowest BCUT2D eigenvalue weighted by Crippen LogP contribution is -2.65. The Hall–Kier alpha value is -0.120. The van der Waals surface area contributed by atoms with Crippen molar-refractivity contribution in [2.75, 3.05) is 0 Å². The van der Waals surface area contributed by atoms with Crippen LogP contribution >= 0.6 is 0 Å². The minimum absolute atomic E-state index is 0.126. The van der Waals surface area contributed by atoms with E-state index < -0.39 is 0 Å². The predicted octanol–water partition coefficient (Wildman–Crippen LogP) is 4.02. The molecule has 116 valence electrons. The predicted molar refractivity (Wildman–Crippen MR) is 79.7 cm³/mol. The Balaban J connectivity index is 1.87. The normalized spacial score (nSPS) is 34.8. The van der Waals surface area contributed by atoms with E-state index in [1.165, 1.54) is 51.4 Å². The molecule has 1 saturated heterocycles. The number of piperidine rings is 1. The van der Waals surface area contributed by atoms with E-state index in [0.717, 1.165) is 38.5 Å². The van der Waals surface area contributed by atoms with Crippen molar-refractivity contribution in [3.8, 4) is 0 Å². The summed E-state index contributed by atoms with van der Waals surface area (Å²) in [7, 11) is 0. The van der Waals surface area contributed by atoms with Crippen LogP contribution in [0, 0.1) is 0 Å². The highest BCUT2D eigenvalue weighted by Crippen LogP contribution is 2.49. The van der Waals surface area contributed by atoms with E-state index in [2.05, 4.69) is 0 Å². The molecule has 0 aromatic rings. The maximum Gasteiger partial charge on any atom is 0.0577 e. The quantitative estimate of drug-likeness (QED) is 0.705. The van der Waals surface area contributed by atoms with Gasteiger partial charge in [-0.05, 0) is 38.5 Å². The molecule has 2 saturated carbocycles. The van der Waals surface area contributed by atoms with Crippen LogP contribution in [0.4, 0.5) is 0 Å². The van der Waals surface area contributed by atoms with Crippen molar-refractivity contribution in [2.45, 2.75) is 107 Å². The number of hydrogen-bond acceptors (Lipinski definition) is 3. The molecular formula is C17H31NO2. The lowest BCUT2D eigenvalue weighted by Gasteiger charge is -2.56. The van der Waals surface area contributed by atoms with Crippen molar-refractivity contribution in [2.24, 2.45) is 0 Å². The summed E-state index contributed by atoms with van der Waals surface area (Å²) in [6.07, 6.45) is 15.6. The van der Waals surface area contributed by atoms with Crippen LogP contribution in [-0.2, 0) is 0 Å². The molecule has 20 heavy (non-hydrogen) atoms. The van der Waals surface area contributed by atoms with Crippen molar-refractivity contribution >= 4 is 0 Å². The van der Waals surface area contributed by atoms with Crippen molar-refractivity contribution in [1.29, 1.82) is 0 Å². The molecule has 3 fully saturated rings. The molecule has 2 spiro atoms. The van der Waals surface area contributed by atoms with Crippen molar-refractivity contribution < 1.29 is 10.3 Å². The first-order valence-electron chi connectivity index (χ1n) is 8.84. The third-order valence-corrected chi connectivity index (χ3v) is 6.20. The third-order valence-electron chi connectivity index (χ3n) is 6.20. The molecule has 0 radical (unpaired) electrons. The maximum atomic E-state index is 11.1. The van der Waals surface area contributed by atoms with E-state index in [-0.39, 0.29) is 17.2 Å². The van der Waals surface area contributed by atoms with Crippen molar-refractivity contribution in [3.05, 3.63) is 0 Å². The van der Waals surface area contributed by atoms with Crippen LogP contribution in [0.1, 0.15) is 89.9 Å². The molecule has 0 aromatic carbocycles. The van der Waals surface area contributed by atoms with Gasteiger partial charge in [0.05, 0.1) is 6.10 Å². The van der Waals surface area contributed by atoms with E-state index in [9.17, 15) is 10.3 Å². The highest BCUT2D eigenvalue weighted by Gasteiger charge is 2.53. The van der Waals surface area contributed by atoms with Gasteiger partial charge in [0.15, 0.2) is 0 Å². The van der Waals surface area contributed by atoms with Gasteiger partial charge < -0.3 is 10.3 Å². The van der Waals surface area contributed by atoms with Crippen LogP contribution in [0.25, 0.3) is 0 Å². The van der Waals surface area contributed by atoms with E-state index >= 15 is 0 Å². The van der Waals surface area contributed by atoms with Crippen molar-refractivity contribution in [1.82, 2.24) is 5.06 Å². The van der Waals surface area contributed by atoms with Gasteiger partial charge in [0, 0.05) is 11.1 Å². The van der Waals surface area contributed by atoms with Crippen LogP contribution in [0.2, 0.25) is 0 Å². The molecule has 3 nitrogen and oxygen atoms in total. The fourth-order valence-electron chi connectivity index (χ4n) is 5.23. The fraction of sp³-hybridized carbons (Fsp3) is 1.00. The van der Waals surface area contributed by atoms with E-state index in [0.29, 0.717) is 0 Å². The second-order valence-corrected chi connectivity index (χ2v) is 7.65. The second kappa shape index (κ2) is 5.94. The Morgan fingerprint density at radius 1 is 0.650 bits per heavy atom. The SMILES string of the molecule is OC1CC2(CCCCCC2)N(O)C2(CCCCCC2)C1. The summed E-state index contributed by atoms with van der Waals surface area (Å²) in [5.74, 6) is 0. The largest absolute Gasteiger partial charge is 0.393 e. The van der Waals surface area contributed by atoms with Crippen LogP contribution in [0.5, 0.6) is 0 Å². The van der Waals surface area contributed by atoms with E-state index in [4.69, 9.17) is 0 Å². The van der Waals surface area contributed by atoms with Gasteiger partial charge in [-0.15, -0.1) is 0 Å². The monoisotopic (exact) mass is 281 g/mol. The van der Waals surface area contributed by atoms with Gasteiger partial charge in [-0.1, -0.05) is 51.4 Å². The van der Waals surface area contributed by atoms with Crippen LogP contribution in [0.15, 0.2) is 0 Å². The van der Waals surface area contributed by atoms with Crippen molar-refractivity contribution in [3.63, 3.8) is 0 Å². The smallest absolute Gasteiger partial charge is 0.0577 e. The first kappa shape index (κ1) is 14.8. The molecule has 0 unspecified atom stereocenters. The van der Waals surface area contributed by atoms with Gasteiger partial charge in [-0.3, -0.25) is 0 Å². The molecule has 1 aliphatic heterocycles. The Morgan fingerprint density at radius 3 is 1.35 bits per heavy atom. The van der Waals surface area contributed by atoms with Crippen LogP contribution < -0.4 is 0 Å². The summed E-state index contributed by atoms with van der Waals surface area (Å²) in [5, 5.41) is 23.5. The summed E-state index contributed by atoms with van der Waals surface area (Å²) in [6.45, 7) is 0. The number of hydroxylamine groups is 2. The van der Waals surface area contributed by atoms with Gasteiger partial charge in [0.2, 0.25) is 0 Å². The number of hydrogen-bond donors (Lipinski definition) is 2. The molecule has 1 heterocycles. The second-order valence-electron chi connectivity index (χ2n) is 7.65. The Labute approximate surface area is 123 Å². The molecule has 0 amide bonds. The molecule has 3 rings (SSSR count). The first-order chi connectivity index (χ1) is 9.67. The summed E-state index contributed by atoms with van der Waals surface area (Å²) in [4.78, 5) is 0. The van der Waals surface area contributed by atoms with Gasteiger partial charge in [-0.2, -0.15) is 5.06 Å². The minimum Gasteiger partial charge on any atom is -0.393 e. The standard InChI is InChI=1S/C17H31NO2/c19-15-13-16(9-5-1-2-6-10-16)18(20)17(14-15)11-7-3-4-8-12-17/h15,19-20H,1-14H2. The number of nitrogens with zero attached hydrogens (tertiary/aromatic N) is 1. The van der Waals surface area contributed by atoms with Gasteiger partial charge in [-0.25, -0.2) is 0 Å². The lowest BCUT2D eigenvalue weighted by atomic mass is 9.70. The zero-order chi connectivity index (χ0) is 14.1. The molecular weight excluding hydrogens is 250 g/mol. The van der Waals surface area contributed by atoms with Gasteiger partial charge in [0.1, 0.15) is 0 Å². The lowest BCUT2D eigenvalue weighted by molar-refractivity contribution is -0.284. The summed E-state index contributed by atoms with van der Waals surface area (Å²) < 4.78 is 0. The zero-order valence-electron chi connectivity index (χ0n) is 12.8. The highest BCUT2D eigenvalue weighted by atomic mass is 16.5. The highest BCUT2D eigenvalue weighted by molar-refractivity contribution is 5.05. The Kier molecular flexibility index (Phi) is 4.40. The first-order valence-corrected chi connectivity index (χ1v) is 8.84. The summed E-state index contributed by atoms with van der Waals surface area (Å²) in [5.41, 5.74) is -0.253. The number of rotatable bonds is 0. The van der Waals surface area contributed by atoms with Gasteiger partial charge >= 0.3 is 0 Å². The summed E-state index contributed by atoms with van der Waals surface area (Å²) in [6, 6.07) is 0. The third kappa shape index (κ3) is 2.65. The molecule has 2 aliphatic carbocycles. The Bertz CT molecular complexity index is 285. The van der Waals surface area contributed by atoms with E-state index in [1.807, 2.05) is 0 Å². The molecule has 3 aliphatic rings. The average molecular weight is 281 g/mol. The minimum atomic E-state index is -0.213. The molecule has 3 heteroatoms. The fourth-order valence-corrected chi connectivity index (χ4v) is 5.23. The van der Waals surface area contributed by atoms with E-state index in [1.54, 1.807) is 5.06 Å². The molecule has 2 N–H and O–H groups in total.